The van der Waals surface area contributed by atoms with Crippen molar-refractivity contribution in [3.8, 4) is 0 Å². The molecule has 2 aromatic rings. The van der Waals surface area contributed by atoms with Crippen molar-refractivity contribution in [2.24, 2.45) is 0 Å². The molecule has 134 valence electrons. The van der Waals surface area contributed by atoms with Crippen LogP contribution in [-0.2, 0) is 11.3 Å². The van der Waals surface area contributed by atoms with E-state index in [2.05, 4.69) is 20.0 Å². The summed E-state index contributed by atoms with van der Waals surface area (Å²) in [6, 6.07) is 3.92. The van der Waals surface area contributed by atoms with Gasteiger partial charge in [-0.15, -0.1) is 0 Å². The second-order valence-corrected chi connectivity index (χ2v) is 6.53. The quantitative estimate of drug-likeness (QED) is 0.891. The molecule has 0 unspecified atom stereocenters. The van der Waals surface area contributed by atoms with E-state index >= 15 is 0 Å². The highest BCUT2D eigenvalue weighted by Crippen LogP contribution is 2.16. The number of carbonyl (C=O) groups excluding carboxylic acids is 1. The zero-order valence-corrected chi connectivity index (χ0v) is 15.1. The molecule has 3 heterocycles. The van der Waals surface area contributed by atoms with Crippen molar-refractivity contribution >= 4 is 17.7 Å². The summed E-state index contributed by atoms with van der Waals surface area (Å²) in [5.74, 6) is 1.22. The third-order valence-electron chi connectivity index (χ3n) is 4.42. The lowest BCUT2D eigenvalue weighted by atomic mass is 10.3. The van der Waals surface area contributed by atoms with Gasteiger partial charge in [0.15, 0.2) is 0 Å². The molecule has 1 fully saturated rings. The highest BCUT2D eigenvalue weighted by molar-refractivity contribution is 5.76. The summed E-state index contributed by atoms with van der Waals surface area (Å²) in [6.45, 7) is 9.10. The number of nitrogens with two attached hydrogens (primary N) is 1. The molecule has 0 bridgehead atoms. The van der Waals surface area contributed by atoms with E-state index in [1.54, 1.807) is 4.68 Å². The summed E-state index contributed by atoms with van der Waals surface area (Å²) < 4.78 is 1.77. The largest absolute Gasteiger partial charge is 0.368 e. The molecule has 0 radical (unpaired) electrons. The molecule has 1 aliphatic rings. The van der Waals surface area contributed by atoms with E-state index < -0.39 is 0 Å². The highest BCUT2D eigenvalue weighted by atomic mass is 16.2. The van der Waals surface area contributed by atoms with Gasteiger partial charge in [-0.1, -0.05) is 0 Å². The Morgan fingerprint density at radius 2 is 1.88 bits per heavy atom. The number of anilines is 2. The SMILES string of the molecule is Cc1cc(N2CCCN(C(=O)Cn3nc(C)cc3C)CC2)nc(N)n1. The maximum Gasteiger partial charge on any atom is 0.244 e. The molecule has 8 nitrogen and oxygen atoms in total. The lowest BCUT2D eigenvalue weighted by Crippen LogP contribution is -2.37. The van der Waals surface area contributed by atoms with Crippen LogP contribution in [0.5, 0.6) is 0 Å². The van der Waals surface area contributed by atoms with E-state index in [1.165, 1.54) is 0 Å². The summed E-state index contributed by atoms with van der Waals surface area (Å²) in [6.07, 6.45) is 0.895. The van der Waals surface area contributed by atoms with Crippen molar-refractivity contribution in [2.75, 3.05) is 36.8 Å². The number of rotatable bonds is 3. The van der Waals surface area contributed by atoms with Crippen LogP contribution in [0.4, 0.5) is 11.8 Å². The van der Waals surface area contributed by atoms with Gasteiger partial charge in [-0.05, 0) is 33.3 Å². The number of hydrogen-bond acceptors (Lipinski definition) is 6. The normalized spacial score (nSPS) is 15.3. The maximum atomic E-state index is 12.6. The van der Waals surface area contributed by atoms with Crippen LogP contribution in [-0.4, -0.2) is 56.7 Å². The third-order valence-corrected chi connectivity index (χ3v) is 4.42. The summed E-state index contributed by atoms with van der Waals surface area (Å²) >= 11 is 0. The molecule has 1 saturated heterocycles. The fourth-order valence-corrected chi connectivity index (χ4v) is 3.20. The van der Waals surface area contributed by atoms with Gasteiger partial charge in [0.2, 0.25) is 11.9 Å². The Morgan fingerprint density at radius 3 is 2.56 bits per heavy atom. The average molecular weight is 343 g/mol. The van der Waals surface area contributed by atoms with Crippen molar-refractivity contribution < 1.29 is 4.79 Å². The van der Waals surface area contributed by atoms with E-state index in [1.807, 2.05) is 37.8 Å². The van der Waals surface area contributed by atoms with Crippen LogP contribution in [0.1, 0.15) is 23.5 Å². The monoisotopic (exact) mass is 343 g/mol. The van der Waals surface area contributed by atoms with Crippen LogP contribution >= 0.6 is 0 Å². The van der Waals surface area contributed by atoms with E-state index in [0.29, 0.717) is 13.1 Å². The lowest BCUT2D eigenvalue weighted by Gasteiger charge is -2.23. The lowest BCUT2D eigenvalue weighted by molar-refractivity contribution is -0.131. The number of hydrogen-bond donors (Lipinski definition) is 1. The Balaban J connectivity index is 1.64. The molecular weight excluding hydrogens is 318 g/mol. The maximum absolute atomic E-state index is 12.6. The number of carbonyl (C=O) groups is 1. The Hall–Kier alpha value is -2.64. The van der Waals surface area contributed by atoms with Gasteiger partial charge < -0.3 is 15.5 Å². The third kappa shape index (κ3) is 4.07. The second kappa shape index (κ2) is 7.08. The van der Waals surface area contributed by atoms with Crippen LogP contribution in [0.25, 0.3) is 0 Å². The van der Waals surface area contributed by atoms with Crippen molar-refractivity contribution in [3.63, 3.8) is 0 Å². The van der Waals surface area contributed by atoms with Crippen molar-refractivity contribution in [1.82, 2.24) is 24.6 Å². The Kier molecular flexibility index (Phi) is 4.87. The number of nitrogens with zero attached hydrogens (tertiary/aromatic N) is 6. The molecule has 25 heavy (non-hydrogen) atoms. The minimum atomic E-state index is 0.103. The van der Waals surface area contributed by atoms with Gasteiger partial charge in [-0.2, -0.15) is 10.1 Å². The first-order chi connectivity index (χ1) is 11.9. The molecule has 1 amide bonds. The molecule has 0 saturated carbocycles. The first-order valence-corrected chi connectivity index (χ1v) is 8.57. The van der Waals surface area contributed by atoms with Gasteiger partial charge in [-0.25, -0.2) is 4.98 Å². The number of amides is 1. The molecule has 0 spiro atoms. The standard InChI is InChI=1S/C17H25N7O/c1-12-10-15(20-17(18)19-12)22-5-4-6-23(8-7-22)16(25)11-24-14(3)9-13(2)21-24/h9-10H,4-8,11H2,1-3H3,(H2,18,19,20). The van der Waals surface area contributed by atoms with Crippen LogP contribution in [0.15, 0.2) is 12.1 Å². The molecule has 8 heteroatoms. The van der Waals surface area contributed by atoms with Gasteiger partial charge in [0.25, 0.3) is 0 Å². The fraction of sp³-hybridized carbons (Fsp3) is 0.529. The van der Waals surface area contributed by atoms with Crippen molar-refractivity contribution in [3.05, 3.63) is 29.2 Å². The number of nitrogen functional groups attached to an aromatic ring is 1. The zero-order valence-electron chi connectivity index (χ0n) is 15.1. The number of aromatic nitrogens is 4. The predicted octanol–water partition coefficient (Wildman–Crippen LogP) is 0.919. The van der Waals surface area contributed by atoms with Crippen LogP contribution in [0, 0.1) is 20.8 Å². The van der Waals surface area contributed by atoms with Gasteiger partial charge in [0, 0.05) is 43.6 Å². The predicted molar refractivity (Wildman–Crippen MR) is 96.3 cm³/mol. The molecule has 2 N–H and O–H groups in total. The first-order valence-electron chi connectivity index (χ1n) is 8.57. The fourth-order valence-electron chi connectivity index (χ4n) is 3.20. The minimum absolute atomic E-state index is 0.103. The smallest absolute Gasteiger partial charge is 0.244 e. The molecule has 0 aromatic carbocycles. The van der Waals surface area contributed by atoms with Crippen molar-refractivity contribution in [1.29, 1.82) is 0 Å². The van der Waals surface area contributed by atoms with E-state index in [-0.39, 0.29) is 11.9 Å². The zero-order chi connectivity index (χ0) is 18.0. The summed E-state index contributed by atoms with van der Waals surface area (Å²) in [5.41, 5.74) is 8.55. The molecule has 3 rings (SSSR count). The molecular formula is C17H25N7O. The Labute approximate surface area is 147 Å². The summed E-state index contributed by atoms with van der Waals surface area (Å²) in [7, 11) is 0. The summed E-state index contributed by atoms with van der Waals surface area (Å²) in [4.78, 5) is 25.2. The molecule has 0 atom stereocenters. The van der Waals surface area contributed by atoms with Gasteiger partial charge in [0.05, 0.1) is 5.69 Å². The Bertz CT molecular complexity index is 750. The molecule has 2 aromatic heterocycles. The molecule has 0 aliphatic carbocycles. The highest BCUT2D eigenvalue weighted by Gasteiger charge is 2.21. The molecule has 1 aliphatic heterocycles. The van der Waals surface area contributed by atoms with E-state index in [9.17, 15) is 4.79 Å². The van der Waals surface area contributed by atoms with E-state index in [0.717, 1.165) is 49.0 Å². The average Bonchev–Trinajstić information content (AvgIpc) is 2.75. The minimum Gasteiger partial charge on any atom is -0.368 e. The van der Waals surface area contributed by atoms with Crippen LogP contribution in [0.2, 0.25) is 0 Å². The summed E-state index contributed by atoms with van der Waals surface area (Å²) in [5, 5.41) is 4.38. The van der Waals surface area contributed by atoms with Crippen LogP contribution in [0.3, 0.4) is 0 Å². The van der Waals surface area contributed by atoms with Crippen molar-refractivity contribution in [2.45, 2.75) is 33.7 Å². The van der Waals surface area contributed by atoms with Gasteiger partial charge in [0.1, 0.15) is 12.4 Å². The van der Waals surface area contributed by atoms with Crippen LogP contribution < -0.4 is 10.6 Å². The topological polar surface area (TPSA) is 93.2 Å². The second-order valence-electron chi connectivity index (χ2n) is 6.53. The van der Waals surface area contributed by atoms with Gasteiger partial charge >= 0.3 is 0 Å². The first kappa shape index (κ1) is 17.2. The van der Waals surface area contributed by atoms with E-state index in [4.69, 9.17) is 5.73 Å². The number of aryl methyl sites for hydroxylation is 3. The Morgan fingerprint density at radius 1 is 1.08 bits per heavy atom. The van der Waals surface area contributed by atoms with Gasteiger partial charge in [-0.3, -0.25) is 9.48 Å².